The van der Waals surface area contributed by atoms with Gasteiger partial charge in [-0.2, -0.15) is 0 Å². The van der Waals surface area contributed by atoms with Gasteiger partial charge in [0, 0.05) is 37.3 Å². The first-order chi connectivity index (χ1) is 12.2. The average molecular weight is 379 g/mol. The topological polar surface area (TPSA) is 90.2 Å². The van der Waals surface area contributed by atoms with Crippen molar-refractivity contribution in [1.29, 1.82) is 0 Å². The molecule has 3 atom stereocenters. The number of aromatic amines is 2. The molecule has 1 aromatic carbocycles. The zero-order chi connectivity index (χ0) is 17.4. The summed E-state index contributed by atoms with van der Waals surface area (Å²) in [7, 11) is 1.64. The van der Waals surface area contributed by atoms with Gasteiger partial charge in [-0.05, 0) is 23.6 Å². The van der Waals surface area contributed by atoms with E-state index in [4.69, 9.17) is 4.74 Å². The van der Waals surface area contributed by atoms with Gasteiger partial charge in [0.25, 0.3) is 5.56 Å². The van der Waals surface area contributed by atoms with Gasteiger partial charge in [-0.15, -0.1) is 12.4 Å². The summed E-state index contributed by atoms with van der Waals surface area (Å²) in [5, 5.41) is 8.58. The van der Waals surface area contributed by atoms with Gasteiger partial charge < -0.3 is 20.1 Å². The van der Waals surface area contributed by atoms with Crippen LogP contribution < -0.4 is 15.6 Å². The normalized spacial score (nSPS) is 24.2. The van der Waals surface area contributed by atoms with Gasteiger partial charge in [-0.25, -0.2) is 0 Å². The number of aromatic nitrogens is 2. The van der Waals surface area contributed by atoms with Crippen molar-refractivity contribution in [2.75, 3.05) is 26.7 Å². The van der Waals surface area contributed by atoms with Gasteiger partial charge in [0.1, 0.15) is 5.75 Å². The van der Waals surface area contributed by atoms with Crippen LogP contribution in [0.25, 0.3) is 0 Å². The fourth-order valence-electron chi connectivity index (χ4n) is 4.14. The molecule has 26 heavy (non-hydrogen) atoms. The fourth-order valence-corrected chi connectivity index (χ4v) is 4.14. The number of hydrogen-bond acceptors (Lipinski definition) is 4. The SMILES string of the molecule is COc1ccc([C@@H]2[C@H]3CNC[C@H]3CN2C(=O)Cc2c[nH][nH]c2=O)cc1.Cl. The number of H-pyrrole nitrogens is 2. The van der Waals surface area contributed by atoms with E-state index in [0.29, 0.717) is 17.4 Å². The lowest BCUT2D eigenvalue weighted by Gasteiger charge is -2.28. The second-order valence-electron chi connectivity index (χ2n) is 6.79. The summed E-state index contributed by atoms with van der Waals surface area (Å²) in [4.78, 5) is 26.6. The number of methoxy groups -OCH3 is 1. The Morgan fingerprint density at radius 3 is 2.69 bits per heavy atom. The third-order valence-corrected chi connectivity index (χ3v) is 5.41. The minimum atomic E-state index is -0.226. The number of benzene rings is 1. The van der Waals surface area contributed by atoms with Crippen LogP contribution in [0.3, 0.4) is 0 Å². The molecule has 2 saturated heterocycles. The van der Waals surface area contributed by atoms with E-state index in [2.05, 4.69) is 15.5 Å². The van der Waals surface area contributed by atoms with Crippen LogP contribution in [0.1, 0.15) is 17.2 Å². The van der Waals surface area contributed by atoms with Gasteiger partial charge in [0.05, 0.1) is 19.6 Å². The first kappa shape index (κ1) is 18.5. The second kappa shape index (κ2) is 7.55. The first-order valence-electron chi connectivity index (χ1n) is 8.56. The molecule has 0 saturated carbocycles. The van der Waals surface area contributed by atoms with Gasteiger partial charge >= 0.3 is 0 Å². The van der Waals surface area contributed by atoms with Crippen molar-refractivity contribution < 1.29 is 9.53 Å². The highest BCUT2D eigenvalue weighted by Gasteiger charge is 2.46. The molecule has 140 valence electrons. The minimum absolute atomic E-state index is 0. The monoisotopic (exact) mass is 378 g/mol. The molecule has 7 nitrogen and oxygen atoms in total. The second-order valence-corrected chi connectivity index (χ2v) is 6.79. The zero-order valence-electron chi connectivity index (χ0n) is 14.5. The van der Waals surface area contributed by atoms with E-state index in [0.717, 1.165) is 30.9 Å². The number of halogens is 1. The highest BCUT2D eigenvalue weighted by Crippen LogP contribution is 2.43. The maximum absolute atomic E-state index is 12.9. The Bertz CT molecular complexity index is 816. The Morgan fingerprint density at radius 2 is 2.04 bits per heavy atom. The molecule has 2 aliphatic heterocycles. The van der Waals surface area contributed by atoms with E-state index in [-0.39, 0.29) is 36.3 Å². The van der Waals surface area contributed by atoms with Crippen LogP contribution in [0.5, 0.6) is 5.75 Å². The molecule has 0 spiro atoms. The Kier molecular flexibility index (Phi) is 5.38. The van der Waals surface area contributed by atoms with Gasteiger partial charge in [0.2, 0.25) is 5.91 Å². The van der Waals surface area contributed by atoms with Crippen LogP contribution in [0.4, 0.5) is 0 Å². The number of ether oxygens (including phenoxy) is 1. The lowest BCUT2D eigenvalue weighted by Crippen LogP contribution is -2.36. The number of rotatable bonds is 4. The van der Waals surface area contributed by atoms with Crippen molar-refractivity contribution in [2.45, 2.75) is 12.5 Å². The van der Waals surface area contributed by atoms with Crippen molar-refractivity contribution in [1.82, 2.24) is 20.4 Å². The molecule has 0 aliphatic carbocycles. The van der Waals surface area contributed by atoms with E-state index in [1.54, 1.807) is 13.3 Å². The molecular formula is C18H23ClN4O3. The highest BCUT2D eigenvalue weighted by atomic mass is 35.5. The van der Waals surface area contributed by atoms with E-state index in [1.807, 2.05) is 29.2 Å². The van der Waals surface area contributed by atoms with Crippen LogP contribution in [-0.4, -0.2) is 47.7 Å². The number of nitrogens with zero attached hydrogens (tertiary/aromatic N) is 1. The zero-order valence-corrected chi connectivity index (χ0v) is 15.3. The predicted molar refractivity (Wildman–Crippen MR) is 99.7 cm³/mol. The lowest BCUT2D eigenvalue weighted by atomic mass is 9.89. The van der Waals surface area contributed by atoms with Crippen LogP contribution >= 0.6 is 12.4 Å². The first-order valence-corrected chi connectivity index (χ1v) is 8.56. The lowest BCUT2D eigenvalue weighted by molar-refractivity contribution is -0.131. The summed E-state index contributed by atoms with van der Waals surface area (Å²) >= 11 is 0. The van der Waals surface area contributed by atoms with Crippen LogP contribution in [0.2, 0.25) is 0 Å². The quantitative estimate of drug-likeness (QED) is 0.743. The predicted octanol–water partition coefficient (Wildman–Crippen LogP) is 1.09. The largest absolute Gasteiger partial charge is 0.497 e. The summed E-state index contributed by atoms with van der Waals surface area (Å²) in [6.07, 6.45) is 1.69. The highest BCUT2D eigenvalue weighted by molar-refractivity contribution is 5.85. The van der Waals surface area contributed by atoms with E-state index in [9.17, 15) is 9.59 Å². The maximum Gasteiger partial charge on any atom is 0.267 e. The van der Waals surface area contributed by atoms with Crippen LogP contribution in [0.15, 0.2) is 35.3 Å². The number of nitrogens with one attached hydrogen (secondary N) is 3. The third kappa shape index (κ3) is 3.24. The molecule has 4 rings (SSSR count). The molecule has 3 heterocycles. The number of amides is 1. The molecule has 0 radical (unpaired) electrons. The smallest absolute Gasteiger partial charge is 0.267 e. The number of carbonyl (C=O) groups is 1. The van der Waals surface area contributed by atoms with E-state index >= 15 is 0 Å². The Labute approximate surface area is 157 Å². The summed E-state index contributed by atoms with van der Waals surface area (Å²) < 4.78 is 5.24. The number of likely N-dealkylation sites (tertiary alicyclic amines) is 1. The van der Waals surface area contributed by atoms with Crippen molar-refractivity contribution >= 4 is 18.3 Å². The Morgan fingerprint density at radius 1 is 1.27 bits per heavy atom. The Balaban J connectivity index is 0.00000196. The number of carbonyl (C=O) groups excluding carboxylic acids is 1. The summed E-state index contributed by atoms with van der Waals surface area (Å²) in [6.45, 7) is 2.58. The molecule has 3 N–H and O–H groups in total. The van der Waals surface area contributed by atoms with E-state index < -0.39 is 0 Å². The van der Waals surface area contributed by atoms with Crippen molar-refractivity contribution in [3.05, 3.63) is 51.9 Å². The molecule has 8 heteroatoms. The molecule has 1 amide bonds. The Hall–Kier alpha value is -2.25. The van der Waals surface area contributed by atoms with Crippen LogP contribution in [-0.2, 0) is 11.2 Å². The van der Waals surface area contributed by atoms with E-state index in [1.165, 1.54) is 0 Å². The molecular weight excluding hydrogens is 356 g/mol. The summed E-state index contributed by atoms with van der Waals surface area (Å²) in [5.74, 6) is 1.67. The van der Waals surface area contributed by atoms with Crippen LogP contribution in [0, 0.1) is 11.8 Å². The average Bonchev–Trinajstić information content (AvgIpc) is 3.31. The molecule has 0 unspecified atom stereocenters. The van der Waals surface area contributed by atoms with Crippen molar-refractivity contribution in [3.63, 3.8) is 0 Å². The summed E-state index contributed by atoms with van der Waals surface area (Å²) in [5.41, 5.74) is 1.37. The molecule has 0 bridgehead atoms. The van der Waals surface area contributed by atoms with Gasteiger partial charge in [0.15, 0.2) is 0 Å². The standard InChI is InChI=1S/C18H22N4O3.ClH/c1-25-14-4-2-11(3-5-14)17-15-9-19-7-13(15)10-22(17)16(23)6-12-8-20-21-18(12)24;/h2-5,8,13,15,17,19H,6-7,9-10H2,1H3,(H2,20,21,24);1H/t13-,15-,17+;/m0./s1. The van der Waals surface area contributed by atoms with Gasteiger partial charge in [-0.3, -0.25) is 14.7 Å². The molecule has 2 aliphatic rings. The minimum Gasteiger partial charge on any atom is -0.497 e. The fraction of sp³-hybridized carbons (Fsp3) is 0.444. The van der Waals surface area contributed by atoms with Crippen molar-refractivity contribution in [2.24, 2.45) is 11.8 Å². The van der Waals surface area contributed by atoms with Crippen molar-refractivity contribution in [3.8, 4) is 5.75 Å². The number of hydrogen-bond donors (Lipinski definition) is 3. The molecule has 1 aromatic heterocycles. The number of fused-ring (bicyclic) bond motifs is 1. The molecule has 2 fully saturated rings. The maximum atomic E-state index is 12.9. The molecule has 2 aromatic rings. The third-order valence-electron chi connectivity index (χ3n) is 5.41. The summed E-state index contributed by atoms with van der Waals surface area (Å²) in [6, 6.07) is 7.98. The van der Waals surface area contributed by atoms with Gasteiger partial charge in [-0.1, -0.05) is 12.1 Å².